The van der Waals surface area contributed by atoms with Gasteiger partial charge in [0.1, 0.15) is 6.61 Å². The lowest BCUT2D eigenvalue weighted by molar-refractivity contribution is -0.137. The van der Waals surface area contributed by atoms with Crippen LogP contribution in [0.1, 0.15) is 23.7 Å². The summed E-state index contributed by atoms with van der Waals surface area (Å²) < 4.78 is 5.09. The fourth-order valence-corrected chi connectivity index (χ4v) is 1.89. The van der Waals surface area contributed by atoms with Gasteiger partial charge >= 0.3 is 12.1 Å². The van der Waals surface area contributed by atoms with E-state index in [0.29, 0.717) is 5.69 Å². The van der Waals surface area contributed by atoms with Crippen molar-refractivity contribution >= 4 is 12.1 Å². The summed E-state index contributed by atoms with van der Waals surface area (Å²) in [5.41, 5.74) is 1.33. The third-order valence-electron chi connectivity index (χ3n) is 2.93. The van der Waals surface area contributed by atoms with Crippen molar-refractivity contribution in [1.82, 2.24) is 10.3 Å². The molecule has 2 aromatic rings. The third kappa shape index (κ3) is 4.90. The number of carbonyl (C=O) groups excluding carboxylic acids is 1. The number of benzene rings is 1. The molecule has 0 spiro atoms. The Morgan fingerprint density at radius 2 is 1.86 bits per heavy atom. The van der Waals surface area contributed by atoms with E-state index in [1.54, 1.807) is 24.4 Å². The van der Waals surface area contributed by atoms with Crippen LogP contribution in [0.15, 0.2) is 54.7 Å². The first kappa shape index (κ1) is 15.5. The van der Waals surface area contributed by atoms with Crippen molar-refractivity contribution in [2.75, 3.05) is 0 Å². The Labute approximate surface area is 127 Å². The molecule has 1 amide bonds. The van der Waals surface area contributed by atoms with Crippen LogP contribution in [0.2, 0.25) is 0 Å². The van der Waals surface area contributed by atoms with Crippen LogP contribution in [0, 0.1) is 0 Å². The Kier molecular flexibility index (Phi) is 5.48. The largest absolute Gasteiger partial charge is 0.481 e. The summed E-state index contributed by atoms with van der Waals surface area (Å²) in [6.07, 6.45) is 0.597. The molecular weight excluding hydrogens is 284 g/mol. The SMILES string of the molecule is O=C(O)C[C@@H](NC(=O)OCc1ccccc1)c1ccccn1. The van der Waals surface area contributed by atoms with Gasteiger partial charge in [-0.25, -0.2) is 4.79 Å². The van der Waals surface area contributed by atoms with E-state index in [1.165, 1.54) is 0 Å². The highest BCUT2D eigenvalue weighted by molar-refractivity contribution is 5.71. The predicted octanol–water partition coefficient (Wildman–Crippen LogP) is 2.52. The molecule has 0 bridgehead atoms. The van der Waals surface area contributed by atoms with Gasteiger partial charge in [-0.2, -0.15) is 0 Å². The predicted molar refractivity (Wildman–Crippen MR) is 79.0 cm³/mol. The van der Waals surface area contributed by atoms with E-state index in [9.17, 15) is 9.59 Å². The molecule has 0 fully saturated rings. The lowest BCUT2D eigenvalue weighted by Crippen LogP contribution is -2.31. The fraction of sp³-hybridized carbons (Fsp3) is 0.188. The minimum absolute atomic E-state index is 0.120. The number of alkyl carbamates (subject to hydrolysis) is 1. The molecular formula is C16H16N2O4. The molecule has 0 radical (unpaired) electrons. The molecule has 2 rings (SSSR count). The zero-order valence-corrected chi connectivity index (χ0v) is 11.8. The van der Waals surface area contributed by atoms with E-state index in [2.05, 4.69) is 10.3 Å². The second-order valence-electron chi connectivity index (χ2n) is 4.61. The number of nitrogens with one attached hydrogen (secondary N) is 1. The molecule has 0 saturated heterocycles. The van der Waals surface area contributed by atoms with Gasteiger partial charge in [0.05, 0.1) is 18.2 Å². The summed E-state index contributed by atoms with van der Waals surface area (Å²) in [4.78, 5) is 26.8. The zero-order valence-electron chi connectivity index (χ0n) is 11.8. The van der Waals surface area contributed by atoms with Crippen molar-refractivity contribution in [2.45, 2.75) is 19.1 Å². The number of ether oxygens (including phenoxy) is 1. The smallest absolute Gasteiger partial charge is 0.408 e. The van der Waals surface area contributed by atoms with Gasteiger partial charge in [-0.15, -0.1) is 0 Å². The Morgan fingerprint density at radius 3 is 2.50 bits per heavy atom. The normalized spacial score (nSPS) is 11.5. The third-order valence-corrected chi connectivity index (χ3v) is 2.93. The Hall–Kier alpha value is -2.89. The van der Waals surface area contributed by atoms with Gasteiger partial charge in [0.15, 0.2) is 0 Å². The van der Waals surface area contributed by atoms with Gasteiger partial charge in [0.2, 0.25) is 0 Å². The monoisotopic (exact) mass is 300 g/mol. The number of pyridine rings is 1. The van der Waals surface area contributed by atoms with Crippen molar-refractivity contribution in [1.29, 1.82) is 0 Å². The number of carbonyl (C=O) groups is 2. The average molecular weight is 300 g/mol. The highest BCUT2D eigenvalue weighted by Crippen LogP contribution is 2.14. The highest BCUT2D eigenvalue weighted by Gasteiger charge is 2.19. The van der Waals surface area contributed by atoms with Crippen molar-refractivity contribution < 1.29 is 19.4 Å². The van der Waals surface area contributed by atoms with Crippen LogP contribution in [0.5, 0.6) is 0 Å². The Bertz CT molecular complexity index is 617. The molecule has 6 nitrogen and oxygen atoms in total. The van der Waals surface area contributed by atoms with Crippen LogP contribution in [0.3, 0.4) is 0 Å². The lowest BCUT2D eigenvalue weighted by Gasteiger charge is -2.16. The topological polar surface area (TPSA) is 88.5 Å². The molecule has 0 saturated carbocycles. The standard InChI is InChI=1S/C16H16N2O4/c19-15(20)10-14(13-8-4-5-9-17-13)18-16(21)22-11-12-6-2-1-3-7-12/h1-9,14H,10-11H2,(H,18,21)(H,19,20)/t14-/m1/s1. The molecule has 114 valence electrons. The number of hydrogen-bond acceptors (Lipinski definition) is 4. The van der Waals surface area contributed by atoms with Crippen molar-refractivity contribution in [3.63, 3.8) is 0 Å². The number of nitrogens with zero attached hydrogens (tertiary/aromatic N) is 1. The fourth-order valence-electron chi connectivity index (χ4n) is 1.89. The minimum atomic E-state index is -1.03. The van der Waals surface area contributed by atoms with E-state index in [-0.39, 0.29) is 13.0 Å². The van der Waals surface area contributed by atoms with E-state index in [0.717, 1.165) is 5.56 Å². The van der Waals surface area contributed by atoms with Crippen LogP contribution in [-0.2, 0) is 16.1 Å². The summed E-state index contributed by atoms with van der Waals surface area (Å²) in [5, 5.41) is 11.5. The zero-order chi connectivity index (χ0) is 15.8. The van der Waals surface area contributed by atoms with Crippen molar-refractivity contribution in [2.24, 2.45) is 0 Å². The number of carboxylic acids is 1. The first-order valence-electron chi connectivity index (χ1n) is 6.75. The van der Waals surface area contributed by atoms with Crippen LogP contribution in [-0.4, -0.2) is 22.2 Å². The van der Waals surface area contributed by atoms with E-state index >= 15 is 0 Å². The molecule has 6 heteroatoms. The highest BCUT2D eigenvalue weighted by atomic mass is 16.5. The molecule has 0 aliphatic heterocycles. The van der Waals surface area contributed by atoms with Gasteiger partial charge < -0.3 is 15.2 Å². The second kappa shape index (κ2) is 7.78. The molecule has 1 atom stereocenters. The van der Waals surface area contributed by atoms with E-state index < -0.39 is 18.1 Å². The molecule has 0 aliphatic carbocycles. The maximum Gasteiger partial charge on any atom is 0.408 e. The van der Waals surface area contributed by atoms with Crippen molar-refractivity contribution in [3.8, 4) is 0 Å². The summed E-state index contributed by atoms with van der Waals surface area (Å²) in [6.45, 7) is 0.120. The second-order valence-corrected chi connectivity index (χ2v) is 4.61. The molecule has 0 unspecified atom stereocenters. The molecule has 0 aliphatic rings. The number of aliphatic carboxylic acids is 1. The molecule has 1 heterocycles. The number of amides is 1. The average Bonchev–Trinajstić information content (AvgIpc) is 2.54. The number of aromatic nitrogens is 1. The first-order chi connectivity index (χ1) is 10.6. The number of hydrogen-bond donors (Lipinski definition) is 2. The van der Waals surface area contributed by atoms with Crippen LogP contribution < -0.4 is 5.32 Å². The van der Waals surface area contributed by atoms with Crippen LogP contribution in [0.25, 0.3) is 0 Å². The van der Waals surface area contributed by atoms with Crippen molar-refractivity contribution in [3.05, 3.63) is 66.0 Å². The van der Waals surface area contributed by atoms with Gasteiger partial charge in [0, 0.05) is 6.20 Å². The molecule has 1 aromatic carbocycles. The van der Waals surface area contributed by atoms with Gasteiger partial charge in [-0.1, -0.05) is 36.4 Å². The summed E-state index contributed by atoms with van der Waals surface area (Å²) >= 11 is 0. The summed E-state index contributed by atoms with van der Waals surface area (Å²) in [5.74, 6) is -1.03. The minimum Gasteiger partial charge on any atom is -0.481 e. The van der Waals surface area contributed by atoms with E-state index in [4.69, 9.17) is 9.84 Å². The molecule has 22 heavy (non-hydrogen) atoms. The summed E-state index contributed by atoms with van der Waals surface area (Å²) in [6, 6.07) is 13.6. The van der Waals surface area contributed by atoms with Crippen LogP contribution in [0.4, 0.5) is 4.79 Å². The van der Waals surface area contributed by atoms with Gasteiger partial charge in [-0.3, -0.25) is 9.78 Å². The summed E-state index contributed by atoms with van der Waals surface area (Å²) in [7, 11) is 0. The van der Waals surface area contributed by atoms with Gasteiger partial charge in [-0.05, 0) is 17.7 Å². The quantitative estimate of drug-likeness (QED) is 0.855. The van der Waals surface area contributed by atoms with E-state index in [1.807, 2.05) is 30.3 Å². The first-order valence-corrected chi connectivity index (χ1v) is 6.75. The molecule has 2 N–H and O–H groups in total. The van der Waals surface area contributed by atoms with Gasteiger partial charge in [0.25, 0.3) is 0 Å². The Morgan fingerprint density at radius 1 is 1.14 bits per heavy atom. The van der Waals surface area contributed by atoms with Crippen LogP contribution >= 0.6 is 0 Å². The number of rotatable bonds is 6. The number of carboxylic acid groups (broad SMARTS) is 1. The maximum atomic E-state index is 11.8. The molecule has 1 aromatic heterocycles. The Balaban J connectivity index is 1.95. The lowest BCUT2D eigenvalue weighted by atomic mass is 10.1. The maximum absolute atomic E-state index is 11.8.